The maximum Gasteiger partial charge on any atom is 0.253 e. The van der Waals surface area contributed by atoms with Crippen molar-refractivity contribution in [3.63, 3.8) is 0 Å². The normalized spacial score (nSPS) is 25.8. The fraction of sp³-hybridized carbons (Fsp3) is 0.636. The molecule has 2 atom stereocenters. The molecule has 7 nitrogen and oxygen atoms in total. The maximum absolute atomic E-state index is 12.8. The molecule has 2 amide bonds. The molecule has 0 aromatic heterocycles. The van der Waals surface area contributed by atoms with Gasteiger partial charge in [-0.3, -0.25) is 14.5 Å². The van der Waals surface area contributed by atoms with E-state index in [0.717, 1.165) is 19.4 Å². The van der Waals surface area contributed by atoms with Crippen LogP contribution in [0.3, 0.4) is 0 Å². The Kier molecular flexibility index (Phi) is 6.06. The molecule has 1 saturated carbocycles. The van der Waals surface area contributed by atoms with Crippen molar-refractivity contribution in [1.82, 2.24) is 15.1 Å². The molecule has 7 heteroatoms. The number of nitrogens with one attached hydrogen (secondary N) is 1. The second kappa shape index (κ2) is 8.71. The minimum absolute atomic E-state index is 0.0162. The molecule has 0 radical (unpaired) electrons. The summed E-state index contributed by atoms with van der Waals surface area (Å²) < 4.78 is 5.22. The highest BCUT2D eigenvalue weighted by Crippen LogP contribution is 2.29. The summed E-state index contributed by atoms with van der Waals surface area (Å²) in [5.41, 5.74) is 0.636. The van der Waals surface area contributed by atoms with Gasteiger partial charge in [-0.25, -0.2) is 0 Å². The lowest BCUT2D eigenvalue weighted by molar-refractivity contribution is -0.126. The van der Waals surface area contributed by atoms with Crippen LogP contribution < -0.4 is 10.1 Å². The van der Waals surface area contributed by atoms with Gasteiger partial charge in [-0.15, -0.1) is 0 Å². The molecule has 0 unspecified atom stereocenters. The first kappa shape index (κ1) is 20.2. The van der Waals surface area contributed by atoms with E-state index in [1.54, 1.807) is 13.2 Å². The number of amides is 2. The van der Waals surface area contributed by atoms with Crippen LogP contribution in [0.2, 0.25) is 0 Å². The van der Waals surface area contributed by atoms with Crippen molar-refractivity contribution in [3.05, 3.63) is 29.8 Å². The molecule has 3 aliphatic rings. The summed E-state index contributed by atoms with van der Waals surface area (Å²) >= 11 is 0. The van der Waals surface area contributed by atoms with Gasteiger partial charge >= 0.3 is 0 Å². The SMILES string of the molecule is COc1cccc(C(=O)N2CCC(N3C[C@H](O)C[C@H]3C(=O)NCC3CC3)CC2)c1. The largest absolute Gasteiger partial charge is 0.497 e. The highest BCUT2D eigenvalue weighted by Gasteiger charge is 2.41. The van der Waals surface area contributed by atoms with Gasteiger partial charge in [0.05, 0.1) is 19.3 Å². The molecule has 2 heterocycles. The average molecular weight is 402 g/mol. The Bertz CT molecular complexity index is 743. The van der Waals surface area contributed by atoms with E-state index in [1.807, 2.05) is 23.1 Å². The predicted octanol–water partition coefficient (Wildman–Crippen LogP) is 1.26. The van der Waals surface area contributed by atoms with E-state index in [0.29, 0.717) is 43.3 Å². The zero-order valence-electron chi connectivity index (χ0n) is 17.0. The van der Waals surface area contributed by atoms with Crippen molar-refractivity contribution >= 4 is 11.8 Å². The lowest BCUT2D eigenvalue weighted by Gasteiger charge is -2.39. The molecule has 2 N–H and O–H groups in total. The van der Waals surface area contributed by atoms with Crippen LogP contribution in [0, 0.1) is 5.92 Å². The quantitative estimate of drug-likeness (QED) is 0.750. The van der Waals surface area contributed by atoms with E-state index < -0.39 is 6.10 Å². The van der Waals surface area contributed by atoms with Gasteiger partial charge < -0.3 is 20.1 Å². The van der Waals surface area contributed by atoms with Gasteiger partial charge in [0.1, 0.15) is 5.75 Å². The number of nitrogens with zero attached hydrogens (tertiary/aromatic N) is 2. The number of hydrogen-bond acceptors (Lipinski definition) is 5. The number of rotatable bonds is 6. The molecule has 1 aromatic carbocycles. The van der Waals surface area contributed by atoms with Crippen molar-refractivity contribution < 1.29 is 19.4 Å². The Morgan fingerprint density at radius 2 is 1.97 bits per heavy atom. The van der Waals surface area contributed by atoms with Gasteiger partial charge in [0.15, 0.2) is 0 Å². The lowest BCUT2D eigenvalue weighted by Crippen LogP contribution is -2.52. The van der Waals surface area contributed by atoms with Crippen molar-refractivity contribution in [2.45, 2.75) is 50.3 Å². The van der Waals surface area contributed by atoms with Gasteiger partial charge in [0, 0.05) is 37.8 Å². The Labute approximate surface area is 172 Å². The zero-order chi connectivity index (χ0) is 20.4. The highest BCUT2D eigenvalue weighted by atomic mass is 16.5. The maximum atomic E-state index is 12.8. The average Bonchev–Trinajstić information content (AvgIpc) is 3.51. The van der Waals surface area contributed by atoms with E-state index in [9.17, 15) is 14.7 Å². The summed E-state index contributed by atoms with van der Waals surface area (Å²) in [6, 6.07) is 7.21. The zero-order valence-corrected chi connectivity index (χ0v) is 17.0. The molecule has 2 aliphatic heterocycles. The molecule has 29 heavy (non-hydrogen) atoms. The van der Waals surface area contributed by atoms with E-state index in [-0.39, 0.29) is 23.9 Å². The third-order valence-electron chi connectivity index (χ3n) is 6.42. The van der Waals surface area contributed by atoms with Crippen molar-refractivity contribution in [1.29, 1.82) is 0 Å². The predicted molar refractivity (Wildman–Crippen MR) is 109 cm³/mol. The van der Waals surface area contributed by atoms with Gasteiger partial charge in [-0.1, -0.05) is 6.07 Å². The molecule has 0 bridgehead atoms. The Morgan fingerprint density at radius 1 is 1.21 bits per heavy atom. The molecular formula is C22H31N3O4. The number of likely N-dealkylation sites (tertiary alicyclic amines) is 2. The monoisotopic (exact) mass is 401 g/mol. The first-order chi connectivity index (χ1) is 14.0. The van der Waals surface area contributed by atoms with Crippen LogP contribution in [-0.2, 0) is 4.79 Å². The first-order valence-corrected chi connectivity index (χ1v) is 10.7. The molecule has 0 spiro atoms. The van der Waals surface area contributed by atoms with Crippen molar-refractivity contribution in [2.24, 2.45) is 5.92 Å². The van der Waals surface area contributed by atoms with Crippen LogP contribution in [0.15, 0.2) is 24.3 Å². The third kappa shape index (κ3) is 4.73. The summed E-state index contributed by atoms with van der Waals surface area (Å²) in [7, 11) is 1.59. The van der Waals surface area contributed by atoms with Crippen LogP contribution in [0.5, 0.6) is 5.75 Å². The van der Waals surface area contributed by atoms with Crippen LogP contribution in [0.4, 0.5) is 0 Å². The minimum atomic E-state index is -0.455. The number of methoxy groups -OCH3 is 1. The van der Waals surface area contributed by atoms with Crippen molar-refractivity contribution in [2.75, 3.05) is 33.3 Å². The fourth-order valence-electron chi connectivity index (χ4n) is 4.52. The molecular weight excluding hydrogens is 370 g/mol. The minimum Gasteiger partial charge on any atom is -0.497 e. The summed E-state index contributed by atoms with van der Waals surface area (Å²) in [4.78, 5) is 29.5. The highest BCUT2D eigenvalue weighted by molar-refractivity contribution is 5.94. The Hall–Kier alpha value is -2.12. The smallest absolute Gasteiger partial charge is 0.253 e. The van der Waals surface area contributed by atoms with Gasteiger partial charge in [-0.2, -0.15) is 0 Å². The number of hydrogen-bond donors (Lipinski definition) is 2. The van der Waals surface area contributed by atoms with Crippen molar-refractivity contribution in [3.8, 4) is 5.75 Å². The van der Waals surface area contributed by atoms with E-state index in [1.165, 1.54) is 12.8 Å². The van der Waals surface area contributed by atoms with E-state index >= 15 is 0 Å². The summed E-state index contributed by atoms with van der Waals surface area (Å²) in [6.07, 6.45) is 4.08. The first-order valence-electron chi connectivity index (χ1n) is 10.7. The fourth-order valence-corrected chi connectivity index (χ4v) is 4.52. The number of carbonyl (C=O) groups excluding carboxylic acids is 2. The molecule has 1 aromatic rings. The van der Waals surface area contributed by atoms with Gasteiger partial charge in [-0.05, 0) is 56.2 Å². The standard InChI is InChI=1S/C22H31N3O4/c1-29-19-4-2-3-16(11-19)22(28)24-9-7-17(8-10-24)25-14-18(26)12-20(25)21(27)23-13-15-5-6-15/h2-4,11,15,17-18,20,26H,5-10,12-14H2,1H3,(H,23,27)/t18-,20+/m1/s1. The summed E-state index contributed by atoms with van der Waals surface area (Å²) in [5.74, 6) is 1.38. The summed E-state index contributed by atoms with van der Waals surface area (Å²) in [5, 5.41) is 13.2. The third-order valence-corrected chi connectivity index (χ3v) is 6.42. The Balaban J connectivity index is 1.33. The van der Waals surface area contributed by atoms with Gasteiger partial charge in [0.25, 0.3) is 5.91 Å². The topological polar surface area (TPSA) is 82.1 Å². The summed E-state index contributed by atoms with van der Waals surface area (Å²) in [6.45, 7) is 2.61. The molecule has 4 rings (SSSR count). The van der Waals surface area contributed by atoms with Crippen LogP contribution in [-0.4, -0.2) is 78.2 Å². The van der Waals surface area contributed by atoms with Crippen LogP contribution in [0.25, 0.3) is 0 Å². The van der Waals surface area contributed by atoms with Crippen LogP contribution >= 0.6 is 0 Å². The van der Waals surface area contributed by atoms with E-state index in [4.69, 9.17) is 4.74 Å². The second-order valence-corrected chi connectivity index (χ2v) is 8.55. The van der Waals surface area contributed by atoms with Crippen LogP contribution in [0.1, 0.15) is 42.5 Å². The molecule has 158 valence electrons. The number of benzene rings is 1. The number of β-amino-alcohol motifs (C(OH)–C–C–N with tert-alkyl or cyclic N) is 1. The second-order valence-electron chi connectivity index (χ2n) is 8.55. The lowest BCUT2D eigenvalue weighted by atomic mass is 10.0. The van der Waals surface area contributed by atoms with Gasteiger partial charge in [0.2, 0.25) is 5.91 Å². The number of aliphatic hydroxyl groups excluding tert-OH is 1. The molecule has 3 fully saturated rings. The molecule has 2 saturated heterocycles. The number of carbonyl (C=O) groups is 2. The number of piperidine rings is 1. The molecule has 1 aliphatic carbocycles. The Morgan fingerprint density at radius 3 is 2.66 bits per heavy atom. The number of aliphatic hydroxyl groups is 1. The number of ether oxygens (including phenoxy) is 1. The van der Waals surface area contributed by atoms with E-state index in [2.05, 4.69) is 10.2 Å².